The van der Waals surface area contributed by atoms with Crippen molar-refractivity contribution >= 4 is 45.4 Å². The summed E-state index contributed by atoms with van der Waals surface area (Å²) in [6.45, 7) is 0.361. The van der Waals surface area contributed by atoms with Crippen molar-refractivity contribution in [3.8, 4) is 0 Å². The number of aromatic amines is 1. The first-order valence-electron chi connectivity index (χ1n) is 7.68. The number of halogens is 1. The Morgan fingerprint density at radius 2 is 1.96 bits per heavy atom. The summed E-state index contributed by atoms with van der Waals surface area (Å²) >= 11 is 0. The van der Waals surface area contributed by atoms with Crippen molar-refractivity contribution in [3.05, 3.63) is 63.7 Å². The van der Waals surface area contributed by atoms with Gasteiger partial charge in [0.15, 0.2) is 5.78 Å². The number of Topliss-reactive ketones (excluding diaryl/α,β-unsaturated/α-hetero) is 1. The molecule has 0 fully saturated rings. The summed E-state index contributed by atoms with van der Waals surface area (Å²) in [7, 11) is 0. The normalized spacial score (nSPS) is 10.3. The number of nitrogens with zero attached hydrogens (tertiary/aromatic N) is 2. The molecular weight excluding hydrogens is 404 g/mol. The van der Waals surface area contributed by atoms with E-state index in [1.165, 1.54) is 24.3 Å². The monoisotopic (exact) mass is 420 g/mol. The van der Waals surface area contributed by atoms with Gasteiger partial charge in [-0.1, -0.05) is 12.1 Å². The predicted octanol–water partition coefficient (Wildman–Crippen LogP) is 2.88. The van der Waals surface area contributed by atoms with Gasteiger partial charge in [0.1, 0.15) is 0 Å². The van der Waals surface area contributed by atoms with E-state index in [0.717, 1.165) is 11.1 Å². The van der Waals surface area contributed by atoms with Crippen LogP contribution in [0.5, 0.6) is 0 Å². The maximum absolute atomic E-state index is 12.5. The Labute approximate surface area is 159 Å². The van der Waals surface area contributed by atoms with Gasteiger partial charge in [0.05, 0.1) is 22.6 Å². The lowest BCUT2D eigenvalue weighted by Gasteiger charge is -2.02. The predicted molar refractivity (Wildman–Crippen MR) is 103 cm³/mol. The number of non-ortho nitro benzene ring substituents is 1. The summed E-state index contributed by atoms with van der Waals surface area (Å²) in [6.07, 6.45) is 0.138. The Hall–Kier alpha value is -2.78. The van der Waals surface area contributed by atoms with Crippen LogP contribution in [0.2, 0.25) is 0 Å². The molecule has 0 spiro atoms. The number of hydrogen-bond acceptors (Lipinski definition) is 6. The van der Waals surface area contributed by atoms with Crippen molar-refractivity contribution in [2.24, 2.45) is 0 Å². The van der Waals surface area contributed by atoms with E-state index < -0.39 is 4.92 Å². The molecule has 3 aromatic rings. The van der Waals surface area contributed by atoms with E-state index >= 15 is 0 Å². The summed E-state index contributed by atoms with van der Waals surface area (Å²) in [5.41, 5.74) is 2.59. The largest absolute Gasteiger partial charge is 0.395 e. The number of rotatable bonds is 7. The van der Waals surface area contributed by atoms with Crippen LogP contribution in [0, 0.1) is 10.1 Å². The van der Waals surface area contributed by atoms with Crippen molar-refractivity contribution in [1.29, 1.82) is 0 Å². The average molecular weight is 421 g/mol. The highest BCUT2D eigenvalue weighted by molar-refractivity contribution is 8.93. The molecule has 1 aromatic heterocycles. The molecule has 0 saturated carbocycles. The number of hydrogen-bond donors (Lipinski definition) is 3. The summed E-state index contributed by atoms with van der Waals surface area (Å²) in [5.74, 6) is 0.384. The molecule has 0 atom stereocenters. The molecule has 0 aliphatic heterocycles. The number of H-pyrrole nitrogens is 1. The summed E-state index contributed by atoms with van der Waals surface area (Å²) < 4.78 is 0. The van der Waals surface area contributed by atoms with Crippen LogP contribution in [0.1, 0.15) is 15.9 Å². The fourth-order valence-electron chi connectivity index (χ4n) is 2.54. The number of para-hydroxylation sites is 1. The van der Waals surface area contributed by atoms with Gasteiger partial charge in [-0.05, 0) is 23.8 Å². The van der Waals surface area contributed by atoms with Crippen LogP contribution >= 0.6 is 17.0 Å². The third-order valence-electron chi connectivity index (χ3n) is 3.75. The smallest absolute Gasteiger partial charge is 0.269 e. The number of nitro benzene ring substituents is 1. The molecule has 2 aromatic carbocycles. The number of benzene rings is 2. The third-order valence-corrected chi connectivity index (χ3v) is 3.75. The van der Waals surface area contributed by atoms with E-state index in [0.29, 0.717) is 23.6 Å². The molecule has 0 saturated heterocycles. The molecule has 1 heterocycles. The number of anilines is 1. The molecule has 0 aliphatic rings. The van der Waals surface area contributed by atoms with E-state index in [1.807, 2.05) is 18.2 Å². The second kappa shape index (κ2) is 8.54. The first-order valence-corrected chi connectivity index (χ1v) is 7.68. The minimum Gasteiger partial charge on any atom is -0.395 e. The molecule has 0 unspecified atom stereocenters. The van der Waals surface area contributed by atoms with Gasteiger partial charge < -0.3 is 15.4 Å². The Kier molecular flexibility index (Phi) is 6.42. The Morgan fingerprint density at radius 3 is 2.62 bits per heavy atom. The lowest BCUT2D eigenvalue weighted by molar-refractivity contribution is -0.384. The van der Waals surface area contributed by atoms with Crippen molar-refractivity contribution in [2.75, 3.05) is 18.5 Å². The van der Waals surface area contributed by atoms with Crippen molar-refractivity contribution in [3.63, 3.8) is 0 Å². The van der Waals surface area contributed by atoms with E-state index in [2.05, 4.69) is 15.3 Å². The zero-order valence-electron chi connectivity index (χ0n) is 13.6. The maximum Gasteiger partial charge on any atom is 0.269 e. The third kappa shape index (κ3) is 4.24. The SMILES string of the molecule is Br.O=C(Cc1cccc2[nH]c(NCCO)nc12)c1ccc([N+](=O)[O-])cc1. The van der Waals surface area contributed by atoms with E-state index in [-0.39, 0.29) is 41.5 Å². The quantitative estimate of drug-likeness (QED) is 0.307. The van der Waals surface area contributed by atoms with E-state index in [4.69, 9.17) is 5.11 Å². The zero-order chi connectivity index (χ0) is 17.8. The number of carbonyl (C=O) groups excluding carboxylic acids is 1. The van der Waals surface area contributed by atoms with Gasteiger partial charge in [-0.2, -0.15) is 0 Å². The summed E-state index contributed by atoms with van der Waals surface area (Å²) in [4.78, 5) is 30.1. The van der Waals surface area contributed by atoms with Crippen LogP contribution in [0.25, 0.3) is 11.0 Å². The van der Waals surface area contributed by atoms with E-state index in [1.54, 1.807) is 0 Å². The van der Waals surface area contributed by atoms with Crippen LogP contribution in [-0.2, 0) is 6.42 Å². The van der Waals surface area contributed by atoms with Gasteiger partial charge in [-0.15, -0.1) is 17.0 Å². The highest BCUT2D eigenvalue weighted by atomic mass is 79.9. The Balaban J connectivity index is 0.00000243. The van der Waals surface area contributed by atoms with Crippen LogP contribution in [0.3, 0.4) is 0 Å². The Bertz CT molecular complexity index is 924. The zero-order valence-corrected chi connectivity index (χ0v) is 15.4. The van der Waals surface area contributed by atoms with Crippen LogP contribution in [-0.4, -0.2) is 38.9 Å². The summed E-state index contributed by atoms with van der Waals surface area (Å²) in [6, 6.07) is 11.1. The van der Waals surface area contributed by atoms with Gasteiger partial charge in [0.2, 0.25) is 5.95 Å². The minimum absolute atomic E-state index is 0. The van der Waals surface area contributed by atoms with Crippen molar-refractivity contribution in [1.82, 2.24) is 9.97 Å². The fourth-order valence-corrected chi connectivity index (χ4v) is 2.54. The number of carbonyl (C=O) groups is 1. The van der Waals surface area contributed by atoms with Gasteiger partial charge in [-0.25, -0.2) is 4.98 Å². The molecule has 3 N–H and O–H groups in total. The summed E-state index contributed by atoms with van der Waals surface area (Å²) in [5, 5.41) is 22.5. The van der Waals surface area contributed by atoms with Gasteiger partial charge in [-0.3, -0.25) is 14.9 Å². The lowest BCUT2D eigenvalue weighted by Crippen LogP contribution is -2.06. The maximum atomic E-state index is 12.5. The molecule has 8 nitrogen and oxygen atoms in total. The number of aliphatic hydroxyl groups is 1. The number of aliphatic hydroxyl groups excluding tert-OH is 1. The molecular formula is C17H17BrN4O4. The molecule has 26 heavy (non-hydrogen) atoms. The molecule has 0 aliphatic carbocycles. The van der Waals surface area contributed by atoms with Gasteiger partial charge >= 0.3 is 0 Å². The molecule has 0 amide bonds. The minimum atomic E-state index is -0.500. The molecule has 0 radical (unpaired) electrons. The van der Waals surface area contributed by atoms with Crippen LogP contribution in [0.15, 0.2) is 42.5 Å². The first kappa shape index (κ1) is 19.5. The number of imidazole rings is 1. The van der Waals surface area contributed by atoms with Crippen LogP contribution in [0.4, 0.5) is 11.6 Å². The second-order valence-electron chi connectivity index (χ2n) is 5.45. The molecule has 0 bridgehead atoms. The number of aromatic nitrogens is 2. The highest BCUT2D eigenvalue weighted by Gasteiger charge is 2.14. The number of fused-ring (bicyclic) bond motifs is 1. The Morgan fingerprint density at radius 1 is 1.23 bits per heavy atom. The van der Waals surface area contributed by atoms with Crippen molar-refractivity contribution < 1.29 is 14.8 Å². The van der Waals surface area contributed by atoms with Gasteiger partial charge in [0.25, 0.3) is 5.69 Å². The number of nitrogens with one attached hydrogen (secondary N) is 2. The molecule has 136 valence electrons. The topological polar surface area (TPSA) is 121 Å². The van der Waals surface area contributed by atoms with Crippen LogP contribution < -0.4 is 5.32 Å². The highest BCUT2D eigenvalue weighted by Crippen LogP contribution is 2.21. The van der Waals surface area contributed by atoms with E-state index in [9.17, 15) is 14.9 Å². The van der Waals surface area contributed by atoms with Crippen molar-refractivity contribution in [2.45, 2.75) is 6.42 Å². The average Bonchev–Trinajstić information content (AvgIpc) is 3.04. The molecule has 9 heteroatoms. The lowest BCUT2D eigenvalue weighted by atomic mass is 10.0. The standard InChI is InChI=1S/C17H16N4O4.BrH/c22-9-8-18-17-19-14-3-1-2-12(16(14)20-17)10-15(23)11-4-6-13(7-5-11)21(24)25;/h1-7,22H,8-10H2,(H2,18,19,20);1H. The first-order chi connectivity index (χ1) is 12.1. The fraction of sp³-hybridized carbons (Fsp3) is 0.176. The second-order valence-corrected chi connectivity index (χ2v) is 5.45. The molecule has 3 rings (SSSR count). The van der Waals surface area contributed by atoms with Gasteiger partial charge in [0, 0.05) is 30.7 Å². The number of ketones is 1. The number of nitro groups is 1.